The topological polar surface area (TPSA) is 33.2 Å². The van der Waals surface area contributed by atoms with E-state index in [1.54, 1.807) is 25.2 Å². The molecule has 0 saturated heterocycles. The highest BCUT2D eigenvalue weighted by Crippen LogP contribution is 2.11. The number of halogens is 2. The van der Waals surface area contributed by atoms with E-state index in [1.165, 1.54) is 17.0 Å². The standard InChI is InChI=1S/C14H12F2N2O/c1-18(9-11-4-2-3-5-12(11)15)14(19)10-6-7-13(16)17-8-10/h2-8H,9H2,1H3. The van der Waals surface area contributed by atoms with Crippen molar-refractivity contribution in [2.45, 2.75) is 6.54 Å². The summed E-state index contributed by atoms with van der Waals surface area (Å²) in [6, 6.07) is 8.71. The smallest absolute Gasteiger partial charge is 0.255 e. The van der Waals surface area contributed by atoms with Gasteiger partial charge in [-0.1, -0.05) is 18.2 Å². The van der Waals surface area contributed by atoms with Crippen LogP contribution in [0, 0.1) is 11.8 Å². The molecule has 2 aromatic rings. The lowest BCUT2D eigenvalue weighted by Gasteiger charge is -2.17. The third-order valence-corrected chi connectivity index (χ3v) is 2.69. The van der Waals surface area contributed by atoms with Crippen LogP contribution in [0.1, 0.15) is 15.9 Å². The largest absolute Gasteiger partial charge is 0.337 e. The van der Waals surface area contributed by atoms with Gasteiger partial charge in [-0.2, -0.15) is 4.39 Å². The molecule has 5 heteroatoms. The second-order valence-electron chi connectivity index (χ2n) is 4.12. The average Bonchev–Trinajstić information content (AvgIpc) is 2.41. The Hall–Kier alpha value is -2.30. The zero-order valence-electron chi connectivity index (χ0n) is 10.3. The Bertz CT molecular complexity index is 584. The van der Waals surface area contributed by atoms with Gasteiger partial charge < -0.3 is 4.90 Å². The molecular formula is C14H12F2N2O. The normalized spacial score (nSPS) is 10.3. The van der Waals surface area contributed by atoms with Crippen LogP contribution >= 0.6 is 0 Å². The van der Waals surface area contributed by atoms with Crippen LogP contribution in [-0.4, -0.2) is 22.8 Å². The van der Waals surface area contributed by atoms with Crippen molar-refractivity contribution in [3.8, 4) is 0 Å². The molecule has 1 aromatic carbocycles. The van der Waals surface area contributed by atoms with E-state index < -0.39 is 5.95 Å². The number of carbonyl (C=O) groups excluding carboxylic acids is 1. The van der Waals surface area contributed by atoms with E-state index in [9.17, 15) is 13.6 Å². The number of hydrogen-bond donors (Lipinski definition) is 0. The highest BCUT2D eigenvalue weighted by Gasteiger charge is 2.14. The molecular weight excluding hydrogens is 250 g/mol. The van der Waals surface area contributed by atoms with E-state index in [-0.39, 0.29) is 23.8 Å². The molecule has 0 atom stereocenters. The van der Waals surface area contributed by atoms with Gasteiger partial charge in [0.05, 0.1) is 5.56 Å². The van der Waals surface area contributed by atoms with Gasteiger partial charge in [0.15, 0.2) is 0 Å². The average molecular weight is 262 g/mol. The Kier molecular flexibility index (Phi) is 3.85. The summed E-state index contributed by atoms with van der Waals surface area (Å²) in [5.74, 6) is -1.34. The second kappa shape index (κ2) is 5.56. The lowest BCUT2D eigenvalue weighted by molar-refractivity contribution is 0.0783. The number of carbonyl (C=O) groups is 1. The van der Waals surface area contributed by atoms with Crippen molar-refractivity contribution in [1.29, 1.82) is 0 Å². The van der Waals surface area contributed by atoms with Gasteiger partial charge in [0.1, 0.15) is 5.82 Å². The maximum Gasteiger partial charge on any atom is 0.255 e. The third kappa shape index (κ3) is 3.13. The van der Waals surface area contributed by atoms with Gasteiger partial charge in [-0.05, 0) is 18.2 Å². The number of hydrogen-bond acceptors (Lipinski definition) is 2. The summed E-state index contributed by atoms with van der Waals surface area (Å²) in [6.07, 6.45) is 1.16. The monoisotopic (exact) mass is 262 g/mol. The molecule has 0 radical (unpaired) electrons. The van der Waals surface area contributed by atoms with Crippen LogP contribution in [0.3, 0.4) is 0 Å². The molecule has 0 fully saturated rings. The van der Waals surface area contributed by atoms with Crippen molar-refractivity contribution < 1.29 is 13.6 Å². The predicted octanol–water partition coefficient (Wildman–Crippen LogP) is 2.63. The van der Waals surface area contributed by atoms with Crippen molar-refractivity contribution in [3.63, 3.8) is 0 Å². The zero-order chi connectivity index (χ0) is 13.8. The van der Waals surface area contributed by atoms with E-state index in [4.69, 9.17) is 0 Å². The summed E-state index contributed by atoms with van der Waals surface area (Å²) in [4.78, 5) is 16.8. The number of pyridine rings is 1. The minimum absolute atomic E-state index is 0.142. The molecule has 0 saturated carbocycles. The number of benzene rings is 1. The molecule has 19 heavy (non-hydrogen) atoms. The van der Waals surface area contributed by atoms with Crippen molar-refractivity contribution in [1.82, 2.24) is 9.88 Å². The molecule has 98 valence electrons. The fourth-order valence-electron chi connectivity index (χ4n) is 1.68. The maximum absolute atomic E-state index is 13.5. The van der Waals surface area contributed by atoms with Gasteiger partial charge in [0.2, 0.25) is 5.95 Å². The van der Waals surface area contributed by atoms with E-state index in [2.05, 4.69) is 4.98 Å². The van der Waals surface area contributed by atoms with E-state index >= 15 is 0 Å². The van der Waals surface area contributed by atoms with Gasteiger partial charge in [0, 0.05) is 25.4 Å². The van der Waals surface area contributed by atoms with Crippen molar-refractivity contribution >= 4 is 5.91 Å². The summed E-state index contributed by atoms with van der Waals surface area (Å²) < 4.78 is 26.1. The lowest BCUT2D eigenvalue weighted by atomic mass is 10.2. The first-order chi connectivity index (χ1) is 9.08. The highest BCUT2D eigenvalue weighted by molar-refractivity contribution is 5.93. The summed E-state index contributed by atoms with van der Waals surface area (Å²) in [5.41, 5.74) is 0.689. The van der Waals surface area contributed by atoms with Crippen LogP contribution in [0.25, 0.3) is 0 Å². The van der Waals surface area contributed by atoms with Crippen LogP contribution < -0.4 is 0 Å². The van der Waals surface area contributed by atoms with Crippen LogP contribution in [0.15, 0.2) is 42.6 Å². The van der Waals surface area contributed by atoms with Gasteiger partial charge in [-0.25, -0.2) is 9.37 Å². The van der Waals surface area contributed by atoms with Gasteiger partial charge in [-0.15, -0.1) is 0 Å². The third-order valence-electron chi connectivity index (χ3n) is 2.69. The van der Waals surface area contributed by atoms with Gasteiger partial charge in [-0.3, -0.25) is 4.79 Å². The Labute approximate surface area is 109 Å². The van der Waals surface area contributed by atoms with Crippen LogP contribution in [-0.2, 0) is 6.54 Å². The number of amides is 1. The van der Waals surface area contributed by atoms with E-state index in [1.807, 2.05) is 0 Å². The first-order valence-electron chi connectivity index (χ1n) is 5.68. The maximum atomic E-state index is 13.5. The molecule has 2 rings (SSSR count). The minimum atomic E-state index is -0.645. The predicted molar refractivity (Wildman–Crippen MR) is 66.4 cm³/mol. The molecule has 0 N–H and O–H groups in total. The fraction of sp³-hybridized carbons (Fsp3) is 0.143. The first kappa shape index (κ1) is 13.1. The summed E-state index contributed by atoms with van der Waals surface area (Å²) >= 11 is 0. The Morgan fingerprint density at radius 1 is 1.21 bits per heavy atom. The molecule has 1 heterocycles. The van der Waals surface area contributed by atoms with Crippen molar-refractivity contribution in [3.05, 3.63) is 65.5 Å². The van der Waals surface area contributed by atoms with Crippen molar-refractivity contribution in [2.24, 2.45) is 0 Å². The minimum Gasteiger partial charge on any atom is -0.337 e. The molecule has 0 aliphatic carbocycles. The quantitative estimate of drug-likeness (QED) is 0.797. The van der Waals surface area contributed by atoms with Crippen LogP contribution in [0.4, 0.5) is 8.78 Å². The molecule has 0 aliphatic rings. The number of nitrogens with zero attached hydrogens (tertiary/aromatic N) is 2. The van der Waals surface area contributed by atoms with Crippen LogP contribution in [0.5, 0.6) is 0 Å². The molecule has 0 unspecified atom stereocenters. The number of rotatable bonds is 3. The fourth-order valence-corrected chi connectivity index (χ4v) is 1.68. The Morgan fingerprint density at radius 3 is 2.58 bits per heavy atom. The van der Waals surface area contributed by atoms with E-state index in [0.717, 1.165) is 12.3 Å². The molecule has 0 bridgehead atoms. The highest BCUT2D eigenvalue weighted by atomic mass is 19.1. The summed E-state index contributed by atoms with van der Waals surface area (Å²) in [7, 11) is 1.55. The molecule has 3 nitrogen and oxygen atoms in total. The molecule has 1 amide bonds. The van der Waals surface area contributed by atoms with Crippen molar-refractivity contribution in [2.75, 3.05) is 7.05 Å². The Balaban J connectivity index is 2.12. The van der Waals surface area contributed by atoms with Gasteiger partial charge >= 0.3 is 0 Å². The lowest BCUT2D eigenvalue weighted by Crippen LogP contribution is -2.26. The summed E-state index contributed by atoms with van der Waals surface area (Å²) in [6.45, 7) is 0.142. The molecule has 0 aliphatic heterocycles. The SMILES string of the molecule is CN(Cc1ccccc1F)C(=O)c1ccc(F)nc1. The molecule has 0 spiro atoms. The first-order valence-corrected chi connectivity index (χ1v) is 5.68. The summed E-state index contributed by atoms with van der Waals surface area (Å²) in [5, 5.41) is 0. The molecule has 1 aromatic heterocycles. The van der Waals surface area contributed by atoms with E-state index in [0.29, 0.717) is 5.56 Å². The van der Waals surface area contributed by atoms with Gasteiger partial charge in [0.25, 0.3) is 5.91 Å². The zero-order valence-corrected chi connectivity index (χ0v) is 10.3. The second-order valence-corrected chi connectivity index (χ2v) is 4.12. The van der Waals surface area contributed by atoms with Crippen LogP contribution in [0.2, 0.25) is 0 Å². The number of aromatic nitrogens is 1. The Morgan fingerprint density at radius 2 is 1.95 bits per heavy atom.